The molecule has 0 radical (unpaired) electrons. The van der Waals surface area contributed by atoms with Crippen LogP contribution in [0.25, 0.3) is 0 Å². The number of hydrogen-bond donors (Lipinski definition) is 1. The zero-order chi connectivity index (χ0) is 21.1. The van der Waals surface area contributed by atoms with Gasteiger partial charge in [-0.3, -0.25) is 4.79 Å². The zero-order valence-corrected chi connectivity index (χ0v) is 15.8. The Labute approximate surface area is 170 Å². The van der Waals surface area contributed by atoms with Gasteiger partial charge in [0.05, 0.1) is 37.9 Å². The molecular formula is C21H17F2N5O2. The molecule has 1 amide bonds. The molecule has 1 aromatic heterocycles. The lowest BCUT2D eigenvalue weighted by Gasteiger charge is -2.34. The summed E-state index contributed by atoms with van der Waals surface area (Å²) in [5.74, 6) is -0.633. The van der Waals surface area contributed by atoms with Crippen LogP contribution in [-0.4, -0.2) is 34.1 Å². The van der Waals surface area contributed by atoms with Crippen molar-refractivity contribution in [2.45, 2.75) is 18.6 Å². The molecule has 0 spiro atoms. The van der Waals surface area contributed by atoms with E-state index in [0.717, 1.165) is 5.56 Å². The molecule has 0 bridgehead atoms. The number of carbonyl (C=O) groups is 1. The largest absolute Gasteiger partial charge is 0.374 e. The lowest BCUT2D eigenvalue weighted by Crippen LogP contribution is -2.42. The predicted molar refractivity (Wildman–Crippen MR) is 103 cm³/mol. The van der Waals surface area contributed by atoms with E-state index in [0.29, 0.717) is 11.1 Å². The fourth-order valence-corrected chi connectivity index (χ4v) is 3.08. The molecule has 1 N–H and O–H groups in total. The molecule has 0 aliphatic carbocycles. The Morgan fingerprint density at radius 2 is 1.97 bits per heavy atom. The molecule has 9 heteroatoms. The van der Waals surface area contributed by atoms with Crippen LogP contribution in [0.1, 0.15) is 22.3 Å². The summed E-state index contributed by atoms with van der Waals surface area (Å²) in [6.45, 7) is 0.295. The zero-order valence-electron chi connectivity index (χ0n) is 15.8. The highest BCUT2D eigenvalue weighted by Crippen LogP contribution is 2.33. The normalized spacial score (nSPS) is 14.6. The van der Waals surface area contributed by atoms with Gasteiger partial charge < -0.3 is 10.1 Å². The number of carbonyl (C=O) groups excluding carboxylic acids is 1. The SMILES string of the molecule is N#Cc1ccc(Cn2ncc(NC(=O)Cc3ccc(C4(F)COC4)cc3)n2)cc1F. The van der Waals surface area contributed by atoms with Gasteiger partial charge in [0.15, 0.2) is 11.5 Å². The number of nitrogens with zero attached hydrogens (tertiary/aromatic N) is 4. The molecule has 152 valence electrons. The number of amides is 1. The van der Waals surface area contributed by atoms with E-state index in [2.05, 4.69) is 15.5 Å². The molecular weight excluding hydrogens is 392 g/mol. The minimum Gasteiger partial charge on any atom is -0.374 e. The van der Waals surface area contributed by atoms with Crippen LogP contribution in [0.3, 0.4) is 0 Å². The lowest BCUT2D eigenvalue weighted by atomic mass is 9.93. The Kier molecular flexibility index (Phi) is 5.25. The van der Waals surface area contributed by atoms with Crippen molar-refractivity contribution in [3.05, 3.63) is 76.7 Å². The van der Waals surface area contributed by atoms with Crippen LogP contribution in [-0.2, 0) is 28.2 Å². The molecule has 0 saturated carbocycles. The molecule has 4 rings (SSSR count). The molecule has 1 aliphatic heterocycles. The monoisotopic (exact) mass is 409 g/mol. The van der Waals surface area contributed by atoms with Gasteiger partial charge in [-0.05, 0) is 28.8 Å². The first-order valence-corrected chi connectivity index (χ1v) is 9.20. The highest BCUT2D eigenvalue weighted by atomic mass is 19.1. The highest BCUT2D eigenvalue weighted by molar-refractivity contribution is 5.91. The van der Waals surface area contributed by atoms with Crippen LogP contribution < -0.4 is 5.32 Å². The first kappa shape index (κ1) is 19.7. The van der Waals surface area contributed by atoms with E-state index in [1.807, 2.05) is 0 Å². The quantitative estimate of drug-likeness (QED) is 0.676. The second kappa shape index (κ2) is 8.00. The Hall–Kier alpha value is -3.64. The van der Waals surface area contributed by atoms with Crippen molar-refractivity contribution >= 4 is 11.7 Å². The molecule has 0 unspecified atom stereocenters. The topological polar surface area (TPSA) is 92.8 Å². The maximum Gasteiger partial charge on any atom is 0.230 e. The van der Waals surface area contributed by atoms with Gasteiger partial charge in [-0.2, -0.15) is 15.2 Å². The fraction of sp³-hybridized carbons (Fsp3) is 0.238. The third-order valence-electron chi connectivity index (χ3n) is 4.78. The fourth-order valence-electron chi connectivity index (χ4n) is 3.08. The number of aromatic nitrogens is 3. The number of rotatable bonds is 6. The van der Waals surface area contributed by atoms with Crippen molar-refractivity contribution in [2.75, 3.05) is 18.5 Å². The maximum absolute atomic E-state index is 14.3. The predicted octanol–water partition coefficient (Wildman–Crippen LogP) is 2.71. The maximum atomic E-state index is 14.3. The van der Waals surface area contributed by atoms with Crippen molar-refractivity contribution in [1.82, 2.24) is 15.0 Å². The Morgan fingerprint density at radius 1 is 1.23 bits per heavy atom. The second-order valence-corrected chi connectivity index (χ2v) is 7.07. The van der Waals surface area contributed by atoms with Crippen LogP contribution in [0.4, 0.5) is 14.6 Å². The third-order valence-corrected chi connectivity index (χ3v) is 4.78. The Balaban J connectivity index is 1.33. The summed E-state index contributed by atoms with van der Waals surface area (Å²) in [6.07, 6.45) is 1.49. The first-order chi connectivity index (χ1) is 14.4. The standard InChI is InChI=1S/C21H17F2N5O2/c22-18-7-15(1-4-16(18)9-24)11-28-25-10-19(27-28)26-20(29)8-14-2-5-17(6-3-14)21(23)12-30-13-21/h1-7,10H,8,11-13H2,(H,26,27,29). The van der Waals surface area contributed by atoms with Gasteiger partial charge in [0.25, 0.3) is 0 Å². The minimum absolute atomic E-state index is 0.0316. The number of nitrogens with one attached hydrogen (secondary N) is 1. The van der Waals surface area contributed by atoms with E-state index in [4.69, 9.17) is 10.00 Å². The van der Waals surface area contributed by atoms with E-state index in [-0.39, 0.29) is 43.5 Å². The minimum atomic E-state index is -1.43. The highest BCUT2D eigenvalue weighted by Gasteiger charge is 2.40. The van der Waals surface area contributed by atoms with Crippen LogP contribution in [0.15, 0.2) is 48.7 Å². The molecule has 30 heavy (non-hydrogen) atoms. The molecule has 1 aliphatic rings. The molecule has 2 aromatic carbocycles. The average Bonchev–Trinajstić information content (AvgIpc) is 3.13. The Bertz CT molecular complexity index is 1120. The number of ether oxygens (including phenoxy) is 1. The number of hydrogen-bond acceptors (Lipinski definition) is 5. The summed E-state index contributed by atoms with van der Waals surface area (Å²) in [6, 6.07) is 12.8. The van der Waals surface area contributed by atoms with Gasteiger partial charge in [0.1, 0.15) is 11.9 Å². The van der Waals surface area contributed by atoms with Crippen molar-refractivity contribution < 1.29 is 18.3 Å². The summed E-state index contributed by atoms with van der Waals surface area (Å²) in [7, 11) is 0. The molecule has 1 saturated heterocycles. The van der Waals surface area contributed by atoms with E-state index in [1.54, 1.807) is 36.4 Å². The van der Waals surface area contributed by atoms with Crippen molar-refractivity contribution in [2.24, 2.45) is 0 Å². The van der Waals surface area contributed by atoms with Crippen molar-refractivity contribution in [3.63, 3.8) is 0 Å². The van der Waals surface area contributed by atoms with Gasteiger partial charge in [0, 0.05) is 0 Å². The van der Waals surface area contributed by atoms with E-state index >= 15 is 0 Å². The van der Waals surface area contributed by atoms with Crippen LogP contribution in [0, 0.1) is 17.1 Å². The number of nitriles is 1. The van der Waals surface area contributed by atoms with E-state index in [9.17, 15) is 13.6 Å². The summed E-state index contributed by atoms with van der Waals surface area (Å²) >= 11 is 0. The number of anilines is 1. The third kappa shape index (κ3) is 4.18. The second-order valence-electron chi connectivity index (χ2n) is 7.07. The van der Waals surface area contributed by atoms with Gasteiger partial charge in [-0.15, -0.1) is 5.10 Å². The average molecular weight is 409 g/mol. The van der Waals surface area contributed by atoms with Crippen molar-refractivity contribution in [3.8, 4) is 6.07 Å². The molecule has 0 atom stereocenters. The van der Waals surface area contributed by atoms with Crippen LogP contribution >= 0.6 is 0 Å². The number of halogens is 2. The van der Waals surface area contributed by atoms with Crippen LogP contribution in [0.5, 0.6) is 0 Å². The van der Waals surface area contributed by atoms with Crippen LogP contribution in [0.2, 0.25) is 0 Å². The lowest BCUT2D eigenvalue weighted by molar-refractivity contribution is -0.135. The summed E-state index contributed by atoms with van der Waals surface area (Å²) < 4.78 is 32.9. The molecule has 3 aromatic rings. The summed E-state index contributed by atoms with van der Waals surface area (Å²) in [5.41, 5.74) is 0.399. The van der Waals surface area contributed by atoms with E-state index < -0.39 is 11.5 Å². The van der Waals surface area contributed by atoms with E-state index in [1.165, 1.54) is 23.1 Å². The molecule has 7 nitrogen and oxygen atoms in total. The molecule has 2 heterocycles. The van der Waals surface area contributed by atoms with Gasteiger partial charge in [-0.1, -0.05) is 30.3 Å². The number of alkyl halides is 1. The Morgan fingerprint density at radius 3 is 2.60 bits per heavy atom. The van der Waals surface area contributed by atoms with Gasteiger partial charge >= 0.3 is 0 Å². The van der Waals surface area contributed by atoms with Crippen molar-refractivity contribution in [1.29, 1.82) is 5.26 Å². The number of benzene rings is 2. The summed E-state index contributed by atoms with van der Waals surface area (Å²) in [4.78, 5) is 13.6. The first-order valence-electron chi connectivity index (χ1n) is 9.20. The molecule has 1 fully saturated rings. The smallest absolute Gasteiger partial charge is 0.230 e. The van der Waals surface area contributed by atoms with Gasteiger partial charge in [0.2, 0.25) is 5.91 Å². The summed E-state index contributed by atoms with van der Waals surface area (Å²) in [5, 5.41) is 19.6. The van der Waals surface area contributed by atoms with Gasteiger partial charge in [-0.25, -0.2) is 8.78 Å².